The van der Waals surface area contributed by atoms with Crippen LogP contribution in [0, 0.1) is 0 Å². The lowest BCUT2D eigenvalue weighted by Crippen LogP contribution is -2.04. The minimum atomic E-state index is -0.441. The van der Waals surface area contributed by atoms with E-state index in [2.05, 4.69) is 0 Å². The average Bonchev–Trinajstić information content (AvgIpc) is 2.56. The highest BCUT2D eigenvalue weighted by Crippen LogP contribution is 2.26. The van der Waals surface area contributed by atoms with Gasteiger partial charge >= 0.3 is 0 Å². The average molecular weight is 322 g/mol. The van der Waals surface area contributed by atoms with Gasteiger partial charge in [0, 0.05) is 6.61 Å². The number of benzene rings is 1. The molecule has 1 atom stereocenters. The van der Waals surface area contributed by atoms with Crippen LogP contribution in [0.4, 0.5) is 0 Å². The highest BCUT2D eigenvalue weighted by atomic mass is 16.5. The van der Waals surface area contributed by atoms with E-state index in [1.165, 1.54) is 20.0 Å². The molecule has 0 saturated carbocycles. The van der Waals surface area contributed by atoms with Gasteiger partial charge in [0.05, 0.1) is 13.2 Å². The number of rotatable bonds is 12. The Morgan fingerprint density at radius 3 is 2.61 bits per heavy atom. The van der Waals surface area contributed by atoms with Gasteiger partial charge in [0.2, 0.25) is 0 Å². The lowest BCUT2D eigenvalue weighted by molar-refractivity contribution is 0.212. The van der Waals surface area contributed by atoms with Crippen LogP contribution in [0.2, 0.25) is 0 Å². The van der Waals surface area contributed by atoms with Crippen molar-refractivity contribution in [2.75, 3.05) is 13.7 Å². The Labute approximate surface area is 139 Å². The molecule has 0 aliphatic carbocycles. The van der Waals surface area contributed by atoms with E-state index in [0.717, 1.165) is 37.7 Å². The fourth-order valence-electron chi connectivity index (χ4n) is 2.45. The zero-order valence-corrected chi connectivity index (χ0v) is 14.1. The number of hydrogen-bond acceptors (Lipinski definition) is 4. The zero-order valence-electron chi connectivity index (χ0n) is 14.1. The van der Waals surface area contributed by atoms with Crippen molar-refractivity contribution in [3.05, 3.63) is 35.9 Å². The van der Waals surface area contributed by atoms with Gasteiger partial charge in [-0.2, -0.15) is 0 Å². The number of phenolic OH excluding ortho intramolecular Hbond substituents is 1. The van der Waals surface area contributed by atoms with Crippen LogP contribution in [-0.2, 0) is 6.42 Å². The van der Waals surface area contributed by atoms with Crippen molar-refractivity contribution < 1.29 is 20.1 Å². The van der Waals surface area contributed by atoms with Crippen LogP contribution >= 0.6 is 0 Å². The highest BCUT2D eigenvalue weighted by molar-refractivity contribution is 5.41. The van der Waals surface area contributed by atoms with Crippen LogP contribution in [0.15, 0.2) is 30.4 Å². The third kappa shape index (κ3) is 8.62. The molecular formula is C19H30O4. The number of aliphatic hydroxyl groups excluding tert-OH is 2. The standard InChI is InChI=1S/C19H30O4/c1-23-19-15-16(11-13-18(19)22)10-12-17(21)9-7-5-3-2-4-6-8-14-20/h7,9,11,13,15,17,20-22H,2-6,8,10,12,14H2,1H3/b9-7+. The molecule has 1 aromatic carbocycles. The molecule has 1 aromatic rings. The molecule has 130 valence electrons. The van der Waals surface area contributed by atoms with Crippen molar-refractivity contribution in [3.63, 3.8) is 0 Å². The van der Waals surface area contributed by atoms with Crippen molar-refractivity contribution in [3.8, 4) is 11.5 Å². The largest absolute Gasteiger partial charge is 0.504 e. The molecule has 1 rings (SSSR count). The molecule has 0 aromatic heterocycles. The van der Waals surface area contributed by atoms with Gasteiger partial charge in [-0.05, 0) is 49.8 Å². The lowest BCUT2D eigenvalue weighted by Gasteiger charge is -2.08. The number of phenols is 1. The number of hydrogen-bond donors (Lipinski definition) is 3. The summed E-state index contributed by atoms with van der Waals surface area (Å²) in [5, 5.41) is 28.2. The first-order valence-corrected chi connectivity index (χ1v) is 8.49. The van der Waals surface area contributed by atoms with Crippen LogP contribution in [0.3, 0.4) is 0 Å². The van der Waals surface area contributed by atoms with E-state index in [1.807, 2.05) is 18.2 Å². The van der Waals surface area contributed by atoms with Crippen LogP contribution in [0.5, 0.6) is 11.5 Å². The SMILES string of the molecule is COc1cc(CCC(O)/C=C/CCCCCCCO)ccc1O. The van der Waals surface area contributed by atoms with Gasteiger partial charge in [0.25, 0.3) is 0 Å². The molecule has 0 amide bonds. The molecular weight excluding hydrogens is 292 g/mol. The van der Waals surface area contributed by atoms with E-state index in [1.54, 1.807) is 12.1 Å². The summed E-state index contributed by atoms with van der Waals surface area (Å²) in [5.41, 5.74) is 1.04. The Bertz CT molecular complexity index is 457. The molecule has 0 radical (unpaired) electrons. The van der Waals surface area contributed by atoms with E-state index in [9.17, 15) is 10.2 Å². The van der Waals surface area contributed by atoms with Crippen LogP contribution in [-0.4, -0.2) is 35.1 Å². The first kappa shape index (κ1) is 19.5. The van der Waals surface area contributed by atoms with E-state index >= 15 is 0 Å². The van der Waals surface area contributed by atoms with Crippen molar-refractivity contribution >= 4 is 0 Å². The minimum Gasteiger partial charge on any atom is -0.504 e. The normalized spacial score (nSPS) is 12.7. The zero-order chi connectivity index (χ0) is 16.9. The third-order valence-corrected chi connectivity index (χ3v) is 3.86. The maximum atomic E-state index is 9.97. The Morgan fingerprint density at radius 1 is 1.13 bits per heavy atom. The van der Waals surface area contributed by atoms with Crippen LogP contribution < -0.4 is 4.74 Å². The van der Waals surface area contributed by atoms with Crippen molar-refractivity contribution in [1.29, 1.82) is 0 Å². The monoisotopic (exact) mass is 322 g/mol. The second-order valence-corrected chi connectivity index (χ2v) is 5.82. The molecule has 0 aliphatic rings. The molecule has 0 spiro atoms. The van der Waals surface area contributed by atoms with Gasteiger partial charge in [-0.3, -0.25) is 0 Å². The lowest BCUT2D eigenvalue weighted by atomic mass is 10.1. The summed E-state index contributed by atoms with van der Waals surface area (Å²) in [6.07, 6.45) is 11.3. The smallest absolute Gasteiger partial charge is 0.160 e. The Morgan fingerprint density at radius 2 is 1.87 bits per heavy atom. The van der Waals surface area contributed by atoms with Gasteiger partial charge in [-0.25, -0.2) is 0 Å². The number of aromatic hydroxyl groups is 1. The predicted molar refractivity (Wildman–Crippen MR) is 92.9 cm³/mol. The minimum absolute atomic E-state index is 0.135. The molecule has 23 heavy (non-hydrogen) atoms. The van der Waals surface area contributed by atoms with Gasteiger partial charge in [-0.15, -0.1) is 0 Å². The van der Waals surface area contributed by atoms with E-state index in [-0.39, 0.29) is 5.75 Å². The van der Waals surface area contributed by atoms with E-state index in [4.69, 9.17) is 9.84 Å². The molecule has 1 unspecified atom stereocenters. The molecule has 0 bridgehead atoms. The van der Waals surface area contributed by atoms with Gasteiger partial charge in [0.1, 0.15) is 0 Å². The molecule has 4 nitrogen and oxygen atoms in total. The van der Waals surface area contributed by atoms with Crippen molar-refractivity contribution in [2.24, 2.45) is 0 Å². The Balaban J connectivity index is 2.18. The summed E-state index contributed by atoms with van der Waals surface area (Å²) in [7, 11) is 1.53. The highest BCUT2D eigenvalue weighted by Gasteiger charge is 2.05. The van der Waals surface area contributed by atoms with Crippen LogP contribution in [0.25, 0.3) is 0 Å². The Kier molecular flexibility index (Phi) is 10.2. The van der Waals surface area contributed by atoms with E-state index in [0.29, 0.717) is 18.8 Å². The quantitative estimate of drug-likeness (QED) is 0.406. The molecule has 0 fully saturated rings. The molecule has 3 N–H and O–H groups in total. The summed E-state index contributed by atoms with van der Waals surface area (Å²) < 4.78 is 5.08. The fraction of sp³-hybridized carbons (Fsp3) is 0.579. The summed E-state index contributed by atoms with van der Waals surface area (Å²) in [4.78, 5) is 0. The second kappa shape index (κ2) is 12.0. The maximum absolute atomic E-state index is 9.97. The van der Waals surface area contributed by atoms with Gasteiger partial charge < -0.3 is 20.1 Å². The van der Waals surface area contributed by atoms with Gasteiger partial charge in [-0.1, -0.05) is 37.5 Å². The molecule has 4 heteroatoms. The first-order valence-electron chi connectivity index (χ1n) is 8.49. The fourth-order valence-corrected chi connectivity index (χ4v) is 2.45. The van der Waals surface area contributed by atoms with Crippen molar-refractivity contribution in [2.45, 2.75) is 57.5 Å². The molecule has 0 saturated heterocycles. The topological polar surface area (TPSA) is 69.9 Å². The maximum Gasteiger partial charge on any atom is 0.160 e. The van der Waals surface area contributed by atoms with Gasteiger partial charge in [0.15, 0.2) is 11.5 Å². The number of allylic oxidation sites excluding steroid dienone is 1. The van der Waals surface area contributed by atoms with Crippen LogP contribution in [0.1, 0.15) is 50.5 Å². The Hall–Kier alpha value is -1.52. The number of aliphatic hydroxyl groups is 2. The predicted octanol–water partition coefficient (Wildman–Crippen LogP) is 3.58. The summed E-state index contributed by atoms with van der Waals surface area (Å²) in [5.74, 6) is 0.601. The first-order chi connectivity index (χ1) is 11.2. The molecule has 0 heterocycles. The second-order valence-electron chi connectivity index (χ2n) is 5.82. The number of ether oxygens (including phenoxy) is 1. The number of aryl methyl sites for hydroxylation is 1. The summed E-state index contributed by atoms with van der Waals surface area (Å²) in [6, 6.07) is 5.27. The van der Waals surface area contributed by atoms with Crippen molar-refractivity contribution in [1.82, 2.24) is 0 Å². The number of unbranched alkanes of at least 4 members (excludes halogenated alkanes) is 5. The molecule has 0 aliphatic heterocycles. The summed E-state index contributed by atoms with van der Waals surface area (Å²) >= 11 is 0. The summed E-state index contributed by atoms with van der Waals surface area (Å²) in [6.45, 7) is 0.291. The number of methoxy groups -OCH3 is 1. The van der Waals surface area contributed by atoms with E-state index < -0.39 is 6.10 Å². The third-order valence-electron chi connectivity index (χ3n) is 3.86.